The van der Waals surface area contributed by atoms with E-state index < -0.39 is 37.1 Å². The first-order valence-corrected chi connectivity index (χ1v) is 10.9. The lowest BCUT2D eigenvalue weighted by molar-refractivity contribution is -0.232. The van der Waals surface area contributed by atoms with Crippen LogP contribution in [0.2, 0.25) is 5.02 Å². The van der Waals surface area contributed by atoms with E-state index in [0.29, 0.717) is 39.9 Å². The molecule has 0 saturated carbocycles. The third-order valence-electron chi connectivity index (χ3n) is 5.32. The summed E-state index contributed by atoms with van der Waals surface area (Å²) in [6, 6.07) is 3.30. The zero-order chi connectivity index (χ0) is 22.1. The largest absolute Gasteiger partial charge is 0.496 e. The Labute approximate surface area is 187 Å². The fraction of sp³-hybridized carbons (Fsp3) is 0.500. The van der Waals surface area contributed by atoms with E-state index in [4.69, 9.17) is 25.8 Å². The van der Waals surface area contributed by atoms with E-state index in [1.807, 2.05) is 6.08 Å². The molecule has 1 saturated heterocycles. The summed E-state index contributed by atoms with van der Waals surface area (Å²) in [5, 5.41) is 50.5. The Hall–Kier alpha value is -1.79. The van der Waals surface area contributed by atoms with Crippen LogP contribution in [0.15, 0.2) is 18.2 Å². The van der Waals surface area contributed by atoms with Crippen molar-refractivity contribution in [1.29, 1.82) is 0 Å². The number of aliphatic hydroxyl groups is 4. The van der Waals surface area contributed by atoms with Crippen molar-refractivity contribution in [3.05, 3.63) is 44.4 Å². The molecule has 1 aromatic heterocycles. The second-order valence-electron chi connectivity index (χ2n) is 7.32. The van der Waals surface area contributed by atoms with E-state index in [2.05, 4.69) is 10.2 Å². The Kier molecular flexibility index (Phi) is 6.77. The smallest absolute Gasteiger partial charge is 0.182 e. The first-order chi connectivity index (χ1) is 14.9. The molecule has 1 fully saturated rings. The van der Waals surface area contributed by atoms with Gasteiger partial charge in [-0.1, -0.05) is 22.9 Å². The molecule has 4 rings (SSSR count). The maximum absolute atomic E-state index is 10.5. The summed E-state index contributed by atoms with van der Waals surface area (Å²) in [4.78, 5) is 0. The van der Waals surface area contributed by atoms with Crippen molar-refractivity contribution in [2.75, 3.05) is 20.3 Å². The van der Waals surface area contributed by atoms with Gasteiger partial charge in [-0.25, -0.2) is 0 Å². The van der Waals surface area contributed by atoms with Crippen molar-refractivity contribution in [3.63, 3.8) is 0 Å². The molecule has 2 aliphatic heterocycles. The van der Waals surface area contributed by atoms with Crippen LogP contribution in [0.1, 0.15) is 33.7 Å². The number of aromatic nitrogens is 2. The molecule has 0 radical (unpaired) electrons. The van der Waals surface area contributed by atoms with Crippen molar-refractivity contribution in [2.24, 2.45) is 0 Å². The van der Waals surface area contributed by atoms with Gasteiger partial charge >= 0.3 is 0 Å². The summed E-state index contributed by atoms with van der Waals surface area (Å²) in [7, 11) is 1.45. The summed E-state index contributed by atoms with van der Waals surface area (Å²) in [6.07, 6.45) is -3.25. The van der Waals surface area contributed by atoms with Crippen LogP contribution < -0.4 is 4.74 Å². The molecule has 1 aromatic carbocycles. The predicted octanol–water partition coefficient (Wildman–Crippen LogP) is 1.07. The highest BCUT2D eigenvalue weighted by Gasteiger charge is 2.45. The number of nitrogens with zero attached hydrogens (tertiary/aromatic N) is 2. The molecular formula is C20H23ClN2O7S. The van der Waals surface area contributed by atoms with E-state index >= 15 is 0 Å². The Morgan fingerprint density at radius 2 is 2.00 bits per heavy atom. The molecule has 5 atom stereocenters. The maximum atomic E-state index is 10.5. The number of methoxy groups -OCH3 is 1. The van der Waals surface area contributed by atoms with Crippen LogP contribution in [-0.4, -0.2) is 75.4 Å². The molecule has 9 nitrogen and oxygen atoms in total. The molecule has 4 N–H and O–H groups in total. The first-order valence-electron chi connectivity index (χ1n) is 9.75. The van der Waals surface area contributed by atoms with Gasteiger partial charge in [0.05, 0.1) is 20.3 Å². The van der Waals surface area contributed by atoms with Crippen LogP contribution >= 0.6 is 22.9 Å². The minimum atomic E-state index is -1.50. The van der Waals surface area contributed by atoms with Crippen LogP contribution in [0.25, 0.3) is 5.76 Å². The lowest BCUT2D eigenvalue weighted by Gasteiger charge is -2.40. The van der Waals surface area contributed by atoms with Gasteiger partial charge in [-0.05, 0) is 23.8 Å². The van der Waals surface area contributed by atoms with Gasteiger partial charge in [0.1, 0.15) is 41.3 Å². The monoisotopic (exact) mass is 470 g/mol. The first kappa shape index (κ1) is 22.4. The average molecular weight is 471 g/mol. The summed E-state index contributed by atoms with van der Waals surface area (Å²) in [5.41, 5.74) is 1.13. The van der Waals surface area contributed by atoms with Gasteiger partial charge < -0.3 is 34.6 Å². The van der Waals surface area contributed by atoms with Crippen molar-refractivity contribution in [3.8, 4) is 5.75 Å². The zero-order valence-electron chi connectivity index (χ0n) is 16.6. The molecule has 2 aromatic rings. The summed E-state index contributed by atoms with van der Waals surface area (Å²) < 4.78 is 16.6. The Morgan fingerprint density at radius 3 is 2.68 bits per heavy atom. The highest BCUT2D eigenvalue weighted by molar-refractivity contribution is 7.12. The third-order valence-corrected chi connectivity index (χ3v) is 6.61. The topological polar surface area (TPSA) is 134 Å². The van der Waals surface area contributed by atoms with E-state index in [1.165, 1.54) is 18.4 Å². The lowest BCUT2D eigenvalue weighted by atomic mass is 9.90. The molecule has 2 aliphatic rings. The zero-order valence-corrected chi connectivity index (χ0v) is 18.2. The maximum Gasteiger partial charge on any atom is 0.182 e. The Bertz CT molecular complexity index is 967. The normalized spacial score (nSPS) is 28.3. The Balaban J connectivity index is 1.64. The fourth-order valence-corrected chi connectivity index (χ4v) is 4.74. The van der Waals surface area contributed by atoms with Crippen LogP contribution in [0.5, 0.6) is 5.75 Å². The summed E-state index contributed by atoms with van der Waals surface area (Å²) >= 11 is 7.85. The van der Waals surface area contributed by atoms with Crippen molar-refractivity contribution in [2.45, 2.75) is 43.4 Å². The number of hydrogen-bond donors (Lipinski definition) is 4. The number of halogens is 1. The van der Waals surface area contributed by atoms with Crippen LogP contribution in [-0.2, 0) is 15.9 Å². The minimum absolute atomic E-state index is 0.348. The fourth-order valence-electron chi connectivity index (χ4n) is 3.67. The quantitative estimate of drug-likeness (QED) is 0.489. The van der Waals surface area contributed by atoms with Crippen molar-refractivity contribution in [1.82, 2.24) is 10.2 Å². The Morgan fingerprint density at radius 1 is 1.19 bits per heavy atom. The van der Waals surface area contributed by atoms with Gasteiger partial charge in [0.2, 0.25) is 0 Å². The third kappa shape index (κ3) is 4.42. The number of rotatable bonds is 6. The molecular weight excluding hydrogens is 448 g/mol. The van der Waals surface area contributed by atoms with Crippen LogP contribution in [0, 0.1) is 0 Å². The van der Waals surface area contributed by atoms with E-state index in [-0.39, 0.29) is 0 Å². The van der Waals surface area contributed by atoms with Crippen molar-refractivity contribution >= 4 is 28.7 Å². The van der Waals surface area contributed by atoms with E-state index in [0.717, 1.165) is 17.2 Å². The van der Waals surface area contributed by atoms with Gasteiger partial charge in [0.15, 0.2) is 10.8 Å². The second kappa shape index (κ2) is 9.37. The van der Waals surface area contributed by atoms with E-state index in [1.54, 1.807) is 12.1 Å². The summed E-state index contributed by atoms with van der Waals surface area (Å²) in [6.45, 7) is 0.118. The van der Waals surface area contributed by atoms with Crippen LogP contribution in [0.4, 0.5) is 0 Å². The molecule has 0 spiro atoms. The molecule has 0 unspecified atom stereocenters. The number of aliphatic hydroxyl groups excluding tert-OH is 4. The lowest BCUT2D eigenvalue weighted by Crippen LogP contribution is -2.55. The van der Waals surface area contributed by atoms with Gasteiger partial charge in [0, 0.05) is 23.4 Å². The number of hydrogen-bond acceptors (Lipinski definition) is 10. The number of benzene rings is 1. The molecule has 168 valence electrons. The summed E-state index contributed by atoms with van der Waals surface area (Å²) in [5.74, 6) is 1.08. The van der Waals surface area contributed by atoms with Gasteiger partial charge in [-0.2, -0.15) is 0 Å². The molecule has 11 heteroatoms. The minimum Gasteiger partial charge on any atom is -0.496 e. The predicted molar refractivity (Wildman–Crippen MR) is 112 cm³/mol. The van der Waals surface area contributed by atoms with Gasteiger partial charge in [-0.3, -0.25) is 0 Å². The number of ether oxygens (including phenoxy) is 3. The van der Waals surface area contributed by atoms with Crippen molar-refractivity contribution < 1.29 is 34.6 Å². The average Bonchev–Trinajstić information content (AvgIpc) is 3.46. The molecule has 31 heavy (non-hydrogen) atoms. The molecule has 0 aliphatic carbocycles. The van der Waals surface area contributed by atoms with E-state index in [9.17, 15) is 20.4 Å². The molecule has 0 amide bonds. The standard InChI is InChI=1S/C20H23ClN2O7S/c1-28-13-7-11(21)9(6-15-22-23-20(31-15)12-3-2-4-29-12)5-10(13)19-18(27)17(26)16(25)14(8-24)30-19/h3,5,7,14,16-19,24-27H,2,4,6,8H2,1H3/t14-,16-,17+,18-,19+/m1/s1. The molecule has 3 heterocycles. The second-order valence-corrected chi connectivity index (χ2v) is 8.79. The highest BCUT2D eigenvalue weighted by atomic mass is 35.5. The highest BCUT2D eigenvalue weighted by Crippen LogP contribution is 2.40. The molecule has 0 bridgehead atoms. The SMILES string of the molecule is COc1cc(Cl)c(Cc2nnc(C3=CCCO3)s2)cc1[C@@H]1O[C@H](CO)[C@@H](O)[C@H](O)[C@H]1O. The van der Waals surface area contributed by atoms with Gasteiger partial charge in [-0.15, -0.1) is 10.2 Å². The van der Waals surface area contributed by atoms with Crippen LogP contribution in [0.3, 0.4) is 0 Å². The van der Waals surface area contributed by atoms with Gasteiger partial charge in [0.25, 0.3) is 0 Å².